The number of benzene rings is 4. The number of hydrogen-bond donors (Lipinski definition) is 0. The number of carbonyl (C=O) groups is 3. The molecule has 3 aliphatic heterocycles. The van der Waals surface area contributed by atoms with Crippen molar-refractivity contribution in [2.45, 2.75) is 18.2 Å². The Hall–Kier alpha value is -5.04. The van der Waals surface area contributed by atoms with Gasteiger partial charge in [-0.05, 0) is 41.0 Å². The number of anilines is 2. The Morgan fingerprint density at radius 1 is 0.756 bits per heavy atom. The highest BCUT2D eigenvalue weighted by Gasteiger charge is 2.65. The van der Waals surface area contributed by atoms with Crippen LogP contribution in [0.25, 0.3) is 6.08 Å². The predicted molar refractivity (Wildman–Crippen MR) is 152 cm³/mol. The van der Waals surface area contributed by atoms with Crippen molar-refractivity contribution in [1.29, 1.82) is 0 Å². The van der Waals surface area contributed by atoms with Crippen LogP contribution in [0.5, 0.6) is 0 Å². The van der Waals surface area contributed by atoms with Crippen LogP contribution in [0.2, 0.25) is 0 Å². The van der Waals surface area contributed by atoms with Crippen molar-refractivity contribution in [3.05, 3.63) is 138 Å². The number of carbonyl (C=O) groups excluding carboxylic acids is 3. The van der Waals surface area contributed by atoms with Gasteiger partial charge in [0, 0.05) is 5.69 Å². The van der Waals surface area contributed by atoms with Crippen LogP contribution in [-0.4, -0.2) is 29.9 Å². The Morgan fingerprint density at radius 2 is 1.39 bits per heavy atom. The molecule has 3 heterocycles. The molecule has 0 unspecified atom stereocenters. The Bertz CT molecular complexity index is 1650. The second-order valence-electron chi connectivity index (χ2n) is 10.4. The number of esters is 1. The topological polar surface area (TPSA) is 66.9 Å². The predicted octanol–water partition coefficient (Wildman–Crippen LogP) is 5.55. The summed E-state index contributed by atoms with van der Waals surface area (Å²) < 4.78 is 20.4. The maximum absolute atomic E-state index is 14.3. The molecule has 7 heteroatoms. The molecule has 202 valence electrons. The van der Waals surface area contributed by atoms with Gasteiger partial charge in [0.1, 0.15) is 11.9 Å². The molecule has 4 aromatic carbocycles. The minimum atomic E-state index is -1.07. The zero-order valence-electron chi connectivity index (χ0n) is 21.8. The third-order valence-electron chi connectivity index (χ3n) is 8.16. The van der Waals surface area contributed by atoms with Crippen LogP contribution in [-0.2, 0) is 19.1 Å². The van der Waals surface area contributed by atoms with E-state index in [4.69, 9.17) is 4.74 Å². The van der Waals surface area contributed by atoms with Gasteiger partial charge in [0.25, 0.3) is 0 Å². The van der Waals surface area contributed by atoms with Crippen molar-refractivity contribution >= 4 is 35.2 Å². The second-order valence-corrected chi connectivity index (χ2v) is 10.4. The van der Waals surface area contributed by atoms with Gasteiger partial charge < -0.3 is 9.64 Å². The van der Waals surface area contributed by atoms with Crippen molar-refractivity contribution in [3.8, 4) is 0 Å². The highest BCUT2D eigenvalue weighted by Crippen LogP contribution is 2.49. The standard InChI is InChI=1S/C34H25FN2O4/c35-24-15-9-16-25(20-24)36-32(38)28-27-19-18-21-10-7-8-17-26(21)37(27)30(29(28)33(36)39)34(40)41-31(22-11-3-1-4-12-22)23-13-5-2-6-14-23/h1-20,27-31H/t27-,28-,29-,30+/m1/s1. The average molecular weight is 545 g/mol. The second kappa shape index (κ2) is 9.86. The van der Waals surface area contributed by atoms with Crippen molar-refractivity contribution in [1.82, 2.24) is 0 Å². The molecule has 0 N–H and O–H groups in total. The number of nitrogens with zero attached hydrogens (tertiary/aromatic N) is 2. The van der Waals surface area contributed by atoms with Crippen molar-refractivity contribution in [2.75, 3.05) is 9.80 Å². The van der Waals surface area contributed by atoms with Gasteiger partial charge in [-0.15, -0.1) is 0 Å². The fraction of sp³-hybridized carbons (Fsp3) is 0.147. The molecule has 7 rings (SSSR count). The molecule has 4 atom stereocenters. The van der Waals surface area contributed by atoms with E-state index in [0.29, 0.717) is 0 Å². The molecule has 41 heavy (non-hydrogen) atoms. The number of para-hydroxylation sites is 1. The molecule has 6 nitrogen and oxygen atoms in total. The third kappa shape index (κ3) is 4.04. The van der Waals surface area contributed by atoms with Gasteiger partial charge in [-0.1, -0.05) is 97.1 Å². The van der Waals surface area contributed by atoms with E-state index < -0.39 is 53.6 Å². The first-order valence-electron chi connectivity index (χ1n) is 13.5. The first-order chi connectivity index (χ1) is 20.0. The molecule has 3 aliphatic rings. The largest absolute Gasteiger partial charge is 0.451 e. The summed E-state index contributed by atoms with van der Waals surface area (Å²) in [5, 5.41) is 0. The summed E-state index contributed by atoms with van der Waals surface area (Å²) in [5.74, 6) is -4.00. The van der Waals surface area contributed by atoms with Gasteiger partial charge in [-0.25, -0.2) is 14.1 Å². The molecule has 0 aromatic heterocycles. The van der Waals surface area contributed by atoms with Crippen molar-refractivity contribution in [3.63, 3.8) is 0 Å². The summed E-state index contributed by atoms with van der Waals surface area (Å²) in [6, 6.07) is 30.2. The summed E-state index contributed by atoms with van der Waals surface area (Å²) in [5.41, 5.74) is 3.36. The summed E-state index contributed by atoms with van der Waals surface area (Å²) in [7, 11) is 0. The normalized spacial score (nSPS) is 22.5. The molecule has 2 saturated heterocycles. The molecule has 0 radical (unpaired) electrons. The number of hydrogen-bond acceptors (Lipinski definition) is 5. The molecule has 2 amide bonds. The monoisotopic (exact) mass is 544 g/mol. The Morgan fingerprint density at radius 3 is 2.07 bits per heavy atom. The summed E-state index contributed by atoms with van der Waals surface area (Å²) in [4.78, 5) is 45.1. The first-order valence-corrected chi connectivity index (χ1v) is 13.5. The molecule has 2 fully saturated rings. The van der Waals surface area contributed by atoms with E-state index in [1.54, 1.807) is 0 Å². The maximum Gasteiger partial charge on any atom is 0.330 e. The maximum atomic E-state index is 14.3. The van der Waals surface area contributed by atoms with Crippen LogP contribution in [0.1, 0.15) is 22.8 Å². The van der Waals surface area contributed by atoms with Crippen LogP contribution in [0.4, 0.5) is 15.8 Å². The van der Waals surface area contributed by atoms with E-state index >= 15 is 0 Å². The van der Waals surface area contributed by atoms with Crippen LogP contribution in [0.15, 0.2) is 115 Å². The van der Waals surface area contributed by atoms with E-state index in [2.05, 4.69) is 0 Å². The zero-order chi connectivity index (χ0) is 28.1. The molecule has 4 aromatic rings. The zero-order valence-corrected chi connectivity index (χ0v) is 21.8. The quantitative estimate of drug-likeness (QED) is 0.244. The molecule has 0 aliphatic carbocycles. The SMILES string of the molecule is O=C(OC(c1ccccc1)c1ccccc1)[C@@H]1[C@@H]2C(=O)N(c3cccc(F)c3)C(=O)[C@@H]2[C@H]2C=Cc3ccccc3N21. The lowest BCUT2D eigenvalue weighted by atomic mass is 9.88. The van der Waals surface area contributed by atoms with Gasteiger partial charge in [0.15, 0.2) is 6.10 Å². The lowest BCUT2D eigenvalue weighted by molar-refractivity contribution is -0.151. The minimum Gasteiger partial charge on any atom is -0.451 e. The van der Waals surface area contributed by atoms with E-state index in [-0.39, 0.29) is 5.69 Å². The van der Waals surface area contributed by atoms with E-state index in [0.717, 1.165) is 33.3 Å². The summed E-state index contributed by atoms with van der Waals surface area (Å²) in [6.07, 6.45) is 3.07. The van der Waals surface area contributed by atoms with Crippen molar-refractivity contribution < 1.29 is 23.5 Å². The van der Waals surface area contributed by atoms with Gasteiger partial charge >= 0.3 is 5.97 Å². The minimum absolute atomic E-state index is 0.153. The van der Waals surface area contributed by atoms with E-state index in [1.165, 1.54) is 18.2 Å². The van der Waals surface area contributed by atoms with Crippen LogP contribution < -0.4 is 9.80 Å². The molecule has 0 bridgehead atoms. The van der Waals surface area contributed by atoms with Gasteiger partial charge in [-0.3, -0.25) is 9.59 Å². The summed E-state index contributed by atoms with van der Waals surface area (Å²) >= 11 is 0. The third-order valence-corrected chi connectivity index (χ3v) is 8.16. The van der Waals surface area contributed by atoms with E-state index in [9.17, 15) is 18.8 Å². The summed E-state index contributed by atoms with van der Waals surface area (Å²) in [6.45, 7) is 0. The van der Waals surface area contributed by atoms with Gasteiger partial charge in [0.2, 0.25) is 11.8 Å². The number of imide groups is 1. The number of rotatable bonds is 5. The Labute approximate surface area is 236 Å². The Kier molecular flexibility index (Phi) is 6.00. The molecular formula is C34H25FN2O4. The van der Waals surface area contributed by atoms with Gasteiger partial charge in [0.05, 0.1) is 23.6 Å². The lowest BCUT2D eigenvalue weighted by Crippen LogP contribution is -2.49. The first kappa shape index (κ1) is 25.0. The number of fused-ring (bicyclic) bond motifs is 5. The molecule has 0 saturated carbocycles. The van der Waals surface area contributed by atoms with Crippen molar-refractivity contribution in [2.24, 2.45) is 11.8 Å². The number of ether oxygens (including phenoxy) is 1. The van der Waals surface area contributed by atoms with Crippen LogP contribution in [0.3, 0.4) is 0 Å². The highest BCUT2D eigenvalue weighted by atomic mass is 19.1. The fourth-order valence-electron chi connectivity index (χ4n) is 6.42. The molecule has 0 spiro atoms. The number of halogens is 1. The lowest BCUT2D eigenvalue weighted by Gasteiger charge is -2.36. The highest BCUT2D eigenvalue weighted by molar-refractivity contribution is 6.24. The fourth-order valence-corrected chi connectivity index (χ4v) is 6.42. The van der Waals surface area contributed by atoms with Crippen LogP contribution >= 0.6 is 0 Å². The smallest absolute Gasteiger partial charge is 0.330 e. The average Bonchev–Trinajstić information content (AvgIpc) is 3.49. The Balaban J connectivity index is 1.32. The number of amides is 2. The van der Waals surface area contributed by atoms with Crippen LogP contribution in [0, 0.1) is 17.7 Å². The van der Waals surface area contributed by atoms with Gasteiger partial charge in [-0.2, -0.15) is 0 Å². The molecular weight excluding hydrogens is 519 g/mol. The van der Waals surface area contributed by atoms with E-state index in [1.807, 2.05) is 102 Å².